The number of hydrogen-bond acceptors (Lipinski definition) is 5. The number of ether oxygens (including phenoxy) is 2. The van der Waals surface area contributed by atoms with Crippen molar-refractivity contribution in [2.24, 2.45) is 0 Å². The molecule has 0 N–H and O–H groups in total. The zero-order chi connectivity index (χ0) is 21.7. The Labute approximate surface area is 177 Å². The van der Waals surface area contributed by atoms with Gasteiger partial charge in [-0.05, 0) is 38.0 Å². The molecular formula is C25H27NO4. The van der Waals surface area contributed by atoms with Gasteiger partial charge >= 0.3 is 11.9 Å². The van der Waals surface area contributed by atoms with Crippen molar-refractivity contribution in [1.82, 2.24) is 4.90 Å². The van der Waals surface area contributed by atoms with Crippen molar-refractivity contribution in [1.29, 1.82) is 0 Å². The molecular weight excluding hydrogens is 378 g/mol. The van der Waals surface area contributed by atoms with Gasteiger partial charge < -0.3 is 14.4 Å². The third kappa shape index (κ3) is 3.75. The van der Waals surface area contributed by atoms with E-state index in [1.165, 1.54) is 0 Å². The van der Waals surface area contributed by atoms with Gasteiger partial charge in [0.25, 0.3) is 0 Å². The lowest BCUT2D eigenvalue weighted by Crippen LogP contribution is -2.47. The highest BCUT2D eigenvalue weighted by Gasteiger charge is 2.45. The van der Waals surface area contributed by atoms with E-state index >= 15 is 0 Å². The fourth-order valence-electron chi connectivity index (χ4n) is 3.83. The smallest absolute Gasteiger partial charge is 0.340 e. The maximum absolute atomic E-state index is 13.0. The van der Waals surface area contributed by atoms with E-state index < -0.39 is 17.5 Å². The Morgan fingerprint density at radius 2 is 1.40 bits per heavy atom. The number of nitrogens with zero attached hydrogens (tertiary/aromatic N) is 1. The second-order valence-corrected chi connectivity index (χ2v) is 7.12. The number of rotatable bonds is 6. The lowest BCUT2D eigenvalue weighted by Gasteiger charge is -2.46. The number of hydrogen-bond donors (Lipinski definition) is 0. The molecule has 0 radical (unpaired) electrons. The van der Waals surface area contributed by atoms with Gasteiger partial charge in [0.2, 0.25) is 0 Å². The van der Waals surface area contributed by atoms with Crippen LogP contribution >= 0.6 is 0 Å². The summed E-state index contributed by atoms with van der Waals surface area (Å²) in [5, 5.41) is 0. The third-order valence-corrected chi connectivity index (χ3v) is 5.45. The topological polar surface area (TPSA) is 55.8 Å². The summed E-state index contributed by atoms with van der Waals surface area (Å²) in [6, 6.07) is 19.4. The van der Waals surface area contributed by atoms with E-state index in [0.29, 0.717) is 16.8 Å². The largest absolute Gasteiger partial charge is 0.463 e. The van der Waals surface area contributed by atoms with E-state index in [0.717, 1.165) is 11.1 Å². The normalized spacial score (nSPS) is 18.7. The standard InChI is InChI=1S/C25H27NO4/c1-5-29-23(27)20-17-21(24(28)30-6-2)25(3,19-15-11-8-12-16-19)26(4)22(20)18-13-9-7-10-14-18/h7-17H,5-6H2,1-4H3/t25-/m1/s1. The minimum absolute atomic E-state index is 0.243. The number of carbonyl (C=O) groups excluding carboxylic acids is 2. The van der Waals surface area contributed by atoms with Gasteiger partial charge in [-0.25, -0.2) is 9.59 Å². The van der Waals surface area contributed by atoms with Crippen molar-refractivity contribution in [2.45, 2.75) is 26.3 Å². The Kier molecular flexibility index (Phi) is 6.40. The molecule has 0 saturated carbocycles. The summed E-state index contributed by atoms with van der Waals surface area (Å²) in [7, 11) is 1.89. The molecule has 1 heterocycles. The fraction of sp³-hybridized carbons (Fsp3) is 0.280. The van der Waals surface area contributed by atoms with Crippen LogP contribution < -0.4 is 0 Å². The van der Waals surface area contributed by atoms with E-state index in [4.69, 9.17) is 9.47 Å². The van der Waals surface area contributed by atoms with E-state index in [-0.39, 0.29) is 13.2 Å². The summed E-state index contributed by atoms with van der Waals surface area (Å²) in [5.41, 5.74) is 2.37. The molecule has 156 valence electrons. The average molecular weight is 405 g/mol. The van der Waals surface area contributed by atoms with Crippen LogP contribution in [0.4, 0.5) is 0 Å². The molecule has 0 aliphatic carbocycles. The zero-order valence-electron chi connectivity index (χ0n) is 17.8. The van der Waals surface area contributed by atoms with E-state index in [1.54, 1.807) is 19.9 Å². The highest BCUT2D eigenvalue weighted by atomic mass is 16.5. The molecule has 1 atom stereocenters. The second-order valence-electron chi connectivity index (χ2n) is 7.12. The lowest BCUT2D eigenvalue weighted by molar-refractivity contribution is -0.140. The molecule has 2 aromatic rings. The molecule has 1 aliphatic heterocycles. The van der Waals surface area contributed by atoms with Gasteiger partial charge in [0.15, 0.2) is 0 Å². The molecule has 1 aliphatic rings. The molecule has 30 heavy (non-hydrogen) atoms. The van der Waals surface area contributed by atoms with Gasteiger partial charge in [-0.15, -0.1) is 0 Å². The Bertz CT molecular complexity index is 979. The van der Waals surface area contributed by atoms with Gasteiger partial charge in [0.05, 0.1) is 35.6 Å². The van der Waals surface area contributed by atoms with E-state index in [2.05, 4.69) is 0 Å². The predicted molar refractivity (Wildman–Crippen MR) is 116 cm³/mol. The zero-order valence-corrected chi connectivity index (χ0v) is 17.8. The van der Waals surface area contributed by atoms with Gasteiger partial charge in [-0.1, -0.05) is 60.7 Å². The first-order chi connectivity index (χ1) is 14.4. The summed E-state index contributed by atoms with van der Waals surface area (Å²) in [4.78, 5) is 27.9. The molecule has 0 unspecified atom stereocenters. The van der Waals surface area contributed by atoms with Gasteiger partial charge in [0.1, 0.15) is 0 Å². The minimum Gasteiger partial charge on any atom is -0.463 e. The van der Waals surface area contributed by atoms with Crippen LogP contribution in [0.15, 0.2) is 77.9 Å². The van der Waals surface area contributed by atoms with Crippen LogP contribution in [0, 0.1) is 0 Å². The van der Waals surface area contributed by atoms with Crippen molar-refractivity contribution in [2.75, 3.05) is 20.3 Å². The molecule has 0 amide bonds. The Hall–Kier alpha value is -3.34. The summed E-state index contributed by atoms with van der Waals surface area (Å²) in [5.74, 6) is -0.926. The SMILES string of the molecule is CCOC(=O)C1=CC(C(=O)OCC)=C(c2ccccc2)N(C)[C@]1(C)c1ccccc1. The lowest BCUT2D eigenvalue weighted by atomic mass is 9.78. The minimum atomic E-state index is -0.839. The average Bonchev–Trinajstić information content (AvgIpc) is 2.76. The van der Waals surface area contributed by atoms with Crippen molar-refractivity contribution in [3.63, 3.8) is 0 Å². The van der Waals surface area contributed by atoms with Crippen molar-refractivity contribution >= 4 is 17.6 Å². The second kappa shape index (κ2) is 8.99. The van der Waals surface area contributed by atoms with Crippen LogP contribution in [0.5, 0.6) is 0 Å². The van der Waals surface area contributed by atoms with Crippen molar-refractivity contribution < 1.29 is 19.1 Å². The highest BCUT2D eigenvalue weighted by molar-refractivity contribution is 6.05. The van der Waals surface area contributed by atoms with Gasteiger partial charge in [-0.3, -0.25) is 0 Å². The van der Waals surface area contributed by atoms with Crippen molar-refractivity contribution in [3.8, 4) is 0 Å². The first kappa shape index (κ1) is 21.4. The quantitative estimate of drug-likeness (QED) is 0.671. The van der Waals surface area contributed by atoms with Crippen LogP contribution in [0.1, 0.15) is 31.9 Å². The first-order valence-corrected chi connectivity index (χ1v) is 10.1. The van der Waals surface area contributed by atoms with Gasteiger partial charge in [-0.2, -0.15) is 0 Å². The molecule has 3 rings (SSSR count). The maximum atomic E-state index is 13.0. The maximum Gasteiger partial charge on any atom is 0.340 e. The molecule has 0 spiro atoms. The van der Waals surface area contributed by atoms with Gasteiger partial charge in [0, 0.05) is 7.05 Å². The van der Waals surface area contributed by atoms with E-state index in [9.17, 15) is 9.59 Å². The van der Waals surface area contributed by atoms with Crippen LogP contribution in [0.25, 0.3) is 5.70 Å². The highest BCUT2D eigenvalue weighted by Crippen LogP contribution is 2.45. The summed E-state index contributed by atoms with van der Waals surface area (Å²) < 4.78 is 10.7. The van der Waals surface area contributed by atoms with Crippen LogP contribution in [0.2, 0.25) is 0 Å². The van der Waals surface area contributed by atoms with Crippen LogP contribution in [-0.2, 0) is 24.6 Å². The molecule has 0 fully saturated rings. The summed E-state index contributed by atoms with van der Waals surface area (Å²) in [6.45, 7) is 5.98. The molecule has 0 bridgehead atoms. The Morgan fingerprint density at radius 1 is 0.867 bits per heavy atom. The molecule has 2 aromatic carbocycles. The third-order valence-electron chi connectivity index (χ3n) is 5.45. The fourth-order valence-corrected chi connectivity index (χ4v) is 3.83. The molecule has 0 saturated heterocycles. The predicted octanol–water partition coefficient (Wildman–Crippen LogP) is 4.31. The molecule has 0 aromatic heterocycles. The van der Waals surface area contributed by atoms with Crippen LogP contribution in [-0.4, -0.2) is 37.1 Å². The number of esters is 2. The monoisotopic (exact) mass is 405 g/mol. The molecule has 5 nitrogen and oxygen atoms in total. The van der Waals surface area contributed by atoms with Crippen LogP contribution in [0.3, 0.4) is 0 Å². The summed E-state index contributed by atoms with van der Waals surface area (Å²) >= 11 is 0. The summed E-state index contributed by atoms with van der Waals surface area (Å²) in [6.07, 6.45) is 1.63. The Balaban J connectivity index is 2.31. The number of benzene rings is 2. The molecule has 5 heteroatoms. The number of carbonyl (C=O) groups is 2. The number of likely N-dealkylation sites (N-methyl/N-ethyl adjacent to an activating group) is 1. The Morgan fingerprint density at radius 3 is 1.97 bits per heavy atom. The van der Waals surface area contributed by atoms with Crippen molar-refractivity contribution in [3.05, 3.63) is 89.0 Å². The van der Waals surface area contributed by atoms with E-state index in [1.807, 2.05) is 79.5 Å². The first-order valence-electron chi connectivity index (χ1n) is 10.1.